The normalized spacial score (nSPS) is 17.4. The van der Waals surface area contributed by atoms with Gasteiger partial charge < -0.3 is 9.57 Å². The maximum absolute atomic E-state index is 13.3. The van der Waals surface area contributed by atoms with Gasteiger partial charge in [0.15, 0.2) is 0 Å². The summed E-state index contributed by atoms with van der Waals surface area (Å²) in [4.78, 5) is 19.7. The SMILES string of the molecule is CCOC(=O)[C@@H]1CCCN(CCO/N=C(/Cc2ccc(F)cc2)c2ccc(F)cc2)C1. The maximum Gasteiger partial charge on any atom is 0.310 e. The average Bonchev–Trinajstić information content (AvgIpc) is 2.78. The Kier molecular flexibility index (Phi) is 8.53. The van der Waals surface area contributed by atoms with Crippen LogP contribution >= 0.6 is 0 Å². The van der Waals surface area contributed by atoms with Crippen LogP contribution in [0.1, 0.15) is 30.9 Å². The van der Waals surface area contributed by atoms with Crippen molar-refractivity contribution in [2.24, 2.45) is 11.1 Å². The number of hydrogen-bond donors (Lipinski definition) is 0. The van der Waals surface area contributed by atoms with Crippen molar-refractivity contribution in [3.05, 3.63) is 71.3 Å². The molecule has 31 heavy (non-hydrogen) atoms. The van der Waals surface area contributed by atoms with Gasteiger partial charge in [0.25, 0.3) is 0 Å². The van der Waals surface area contributed by atoms with Gasteiger partial charge in [0.1, 0.15) is 18.2 Å². The van der Waals surface area contributed by atoms with Crippen LogP contribution in [0, 0.1) is 17.6 Å². The summed E-state index contributed by atoms with van der Waals surface area (Å²) >= 11 is 0. The second-order valence-electron chi connectivity index (χ2n) is 7.57. The number of esters is 1. The van der Waals surface area contributed by atoms with Crippen molar-refractivity contribution in [2.75, 3.05) is 32.8 Å². The molecule has 5 nitrogen and oxygen atoms in total. The highest BCUT2D eigenvalue weighted by Crippen LogP contribution is 2.18. The van der Waals surface area contributed by atoms with Crippen molar-refractivity contribution in [1.29, 1.82) is 0 Å². The standard InChI is InChI=1S/C24H28F2N2O3/c1-2-30-24(29)20-4-3-13-28(17-20)14-15-31-27-23(19-7-11-22(26)12-8-19)16-18-5-9-21(25)10-6-18/h5-12,20H,2-4,13-17H2,1H3/b27-23-/t20-/m1/s1. The fourth-order valence-electron chi connectivity index (χ4n) is 3.63. The number of rotatable bonds is 9. The number of oxime groups is 1. The van der Waals surface area contributed by atoms with Gasteiger partial charge in [0.05, 0.1) is 18.2 Å². The van der Waals surface area contributed by atoms with Gasteiger partial charge in [0, 0.05) is 19.5 Å². The van der Waals surface area contributed by atoms with E-state index >= 15 is 0 Å². The Bertz CT molecular complexity index is 869. The number of benzene rings is 2. The molecular formula is C24H28F2N2O3. The van der Waals surface area contributed by atoms with Gasteiger partial charge in [-0.2, -0.15) is 0 Å². The minimum atomic E-state index is -0.327. The molecule has 0 unspecified atom stereocenters. The molecule has 0 radical (unpaired) electrons. The Balaban J connectivity index is 1.59. The first kappa shape index (κ1) is 22.9. The zero-order valence-corrected chi connectivity index (χ0v) is 17.7. The highest BCUT2D eigenvalue weighted by atomic mass is 19.1. The molecule has 1 saturated heterocycles. The molecule has 1 fully saturated rings. The van der Waals surface area contributed by atoms with E-state index in [9.17, 15) is 13.6 Å². The Morgan fingerprint density at radius 2 is 1.77 bits per heavy atom. The molecule has 7 heteroatoms. The number of ether oxygens (including phenoxy) is 1. The first-order valence-corrected chi connectivity index (χ1v) is 10.6. The predicted molar refractivity (Wildman–Crippen MR) is 115 cm³/mol. The topological polar surface area (TPSA) is 51.1 Å². The van der Waals surface area contributed by atoms with E-state index in [-0.39, 0.29) is 23.5 Å². The Morgan fingerprint density at radius 1 is 1.10 bits per heavy atom. The van der Waals surface area contributed by atoms with Crippen molar-refractivity contribution in [3.63, 3.8) is 0 Å². The highest BCUT2D eigenvalue weighted by Gasteiger charge is 2.26. The molecule has 2 aromatic carbocycles. The minimum Gasteiger partial charge on any atom is -0.466 e. The second-order valence-corrected chi connectivity index (χ2v) is 7.57. The van der Waals surface area contributed by atoms with E-state index in [1.54, 1.807) is 24.3 Å². The lowest BCUT2D eigenvalue weighted by atomic mass is 9.98. The molecule has 0 N–H and O–H groups in total. The van der Waals surface area contributed by atoms with E-state index in [4.69, 9.17) is 9.57 Å². The summed E-state index contributed by atoms with van der Waals surface area (Å²) in [6, 6.07) is 12.2. The maximum atomic E-state index is 13.3. The summed E-state index contributed by atoms with van der Waals surface area (Å²) in [5.41, 5.74) is 2.25. The Morgan fingerprint density at radius 3 is 2.45 bits per heavy atom. The van der Waals surface area contributed by atoms with Crippen molar-refractivity contribution in [1.82, 2.24) is 4.90 Å². The number of carbonyl (C=O) groups is 1. The van der Waals surface area contributed by atoms with Crippen LogP contribution in [0.5, 0.6) is 0 Å². The molecule has 3 rings (SSSR count). The fraction of sp³-hybridized carbons (Fsp3) is 0.417. The molecule has 0 saturated carbocycles. The monoisotopic (exact) mass is 430 g/mol. The summed E-state index contributed by atoms with van der Waals surface area (Å²) in [6.07, 6.45) is 2.22. The van der Waals surface area contributed by atoms with E-state index in [2.05, 4.69) is 10.1 Å². The first-order chi connectivity index (χ1) is 15.0. The van der Waals surface area contributed by atoms with Gasteiger partial charge in [-0.25, -0.2) is 8.78 Å². The van der Waals surface area contributed by atoms with Crippen LogP contribution < -0.4 is 0 Å². The number of likely N-dealkylation sites (tertiary alicyclic amines) is 1. The number of carbonyl (C=O) groups excluding carboxylic acids is 1. The molecule has 1 atom stereocenters. The van der Waals surface area contributed by atoms with Crippen LogP contribution in [-0.2, 0) is 20.8 Å². The minimum absolute atomic E-state index is 0.0922. The fourth-order valence-corrected chi connectivity index (χ4v) is 3.63. The van der Waals surface area contributed by atoms with Gasteiger partial charge in [0.2, 0.25) is 0 Å². The third-order valence-corrected chi connectivity index (χ3v) is 5.26. The first-order valence-electron chi connectivity index (χ1n) is 10.6. The molecule has 0 spiro atoms. The van der Waals surface area contributed by atoms with Crippen molar-refractivity contribution in [3.8, 4) is 0 Å². The smallest absolute Gasteiger partial charge is 0.310 e. The lowest BCUT2D eigenvalue weighted by molar-refractivity contribution is -0.150. The Hall–Kier alpha value is -2.80. The van der Waals surface area contributed by atoms with Gasteiger partial charge in [-0.1, -0.05) is 29.4 Å². The largest absolute Gasteiger partial charge is 0.466 e. The van der Waals surface area contributed by atoms with Crippen LogP contribution in [0.25, 0.3) is 0 Å². The molecule has 166 valence electrons. The third-order valence-electron chi connectivity index (χ3n) is 5.26. The molecule has 0 amide bonds. The predicted octanol–water partition coefficient (Wildman–Crippen LogP) is 4.20. The molecule has 1 aliphatic rings. The molecule has 0 aromatic heterocycles. The lowest BCUT2D eigenvalue weighted by Crippen LogP contribution is -2.40. The molecule has 2 aromatic rings. The molecule has 1 heterocycles. The lowest BCUT2D eigenvalue weighted by Gasteiger charge is -2.30. The van der Waals surface area contributed by atoms with Crippen LogP contribution in [0.3, 0.4) is 0 Å². The number of nitrogens with zero attached hydrogens (tertiary/aromatic N) is 2. The van der Waals surface area contributed by atoms with Crippen LogP contribution in [-0.4, -0.2) is 49.4 Å². The zero-order valence-electron chi connectivity index (χ0n) is 17.7. The summed E-state index contributed by atoms with van der Waals surface area (Å²) < 4.78 is 31.7. The van der Waals surface area contributed by atoms with Gasteiger partial charge in [-0.15, -0.1) is 0 Å². The quantitative estimate of drug-likeness (QED) is 0.259. The van der Waals surface area contributed by atoms with E-state index in [0.29, 0.717) is 38.4 Å². The molecular weight excluding hydrogens is 402 g/mol. The van der Waals surface area contributed by atoms with Crippen molar-refractivity contribution < 1.29 is 23.1 Å². The number of hydrogen-bond acceptors (Lipinski definition) is 5. The van der Waals surface area contributed by atoms with Crippen molar-refractivity contribution in [2.45, 2.75) is 26.2 Å². The Labute approximate surface area is 181 Å². The number of piperidine rings is 1. The van der Waals surface area contributed by atoms with Crippen LogP contribution in [0.4, 0.5) is 8.78 Å². The van der Waals surface area contributed by atoms with E-state index in [0.717, 1.165) is 30.5 Å². The van der Waals surface area contributed by atoms with Gasteiger partial charge in [-0.3, -0.25) is 9.69 Å². The number of halogens is 2. The zero-order chi connectivity index (χ0) is 22.1. The van der Waals surface area contributed by atoms with E-state index in [1.165, 1.54) is 24.3 Å². The van der Waals surface area contributed by atoms with E-state index in [1.807, 2.05) is 6.92 Å². The molecule has 1 aliphatic heterocycles. The van der Waals surface area contributed by atoms with E-state index < -0.39 is 0 Å². The molecule has 0 bridgehead atoms. The van der Waals surface area contributed by atoms with Crippen LogP contribution in [0.2, 0.25) is 0 Å². The second kappa shape index (κ2) is 11.6. The summed E-state index contributed by atoms with van der Waals surface area (Å²) in [5.74, 6) is -0.857. The molecule has 0 aliphatic carbocycles. The summed E-state index contributed by atoms with van der Waals surface area (Å²) in [7, 11) is 0. The summed E-state index contributed by atoms with van der Waals surface area (Å²) in [5, 5.41) is 4.29. The van der Waals surface area contributed by atoms with Crippen molar-refractivity contribution >= 4 is 11.7 Å². The highest BCUT2D eigenvalue weighted by molar-refractivity contribution is 6.01. The average molecular weight is 430 g/mol. The van der Waals surface area contributed by atoms with Gasteiger partial charge >= 0.3 is 5.97 Å². The van der Waals surface area contributed by atoms with Crippen LogP contribution in [0.15, 0.2) is 53.7 Å². The third kappa shape index (κ3) is 7.14. The van der Waals surface area contributed by atoms with Gasteiger partial charge in [-0.05, 0) is 61.7 Å². The summed E-state index contributed by atoms with van der Waals surface area (Å²) in [6.45, 7) is 4.79.